The summed E-state index contributed by atoms with van der Waals surface area (Å²) in [5, 5.41) is 14.0. The van der Waals surface area contributed by atoms with Crippen LogP contribution in [0, 0.1) is 0 Å². The number of phosphoric acid groups is 1. The van der Waals surface area contributed by atoms with Gasteiger partial charge in [-0.2, -0.15) is 0 Å². The van der Waals surface area contributed by atoms with Gasteiger partial charge in [0.25, 0.3) is 7.82 Å². The Balaban J connectivity index is 4.01. The molecule has 2 N–H and O–H groups in total. The maximum absolute atomic E-state index is 13.1. The average Bonchev–Trinajstić information content (AvgIpc) is 3.58. The van der Waals surface area contributed by atoms with Gasteiger partial charge in [0, 0.05) is 6.42 Å². The Hall–Kier alpha value is -2.58. The number of unbranched alkanes of at least 4 members (excludes halogenated alkanes) is 45. The molecule has 0 heterocycles. The molecule has 0 bridgehead atoms. The molecule has 3 unspecified atom stereocenters. The second-order valence-electron chi connectivity index (χ2n) is 27.7. The van der Waals surface area contributed by atoms with Crippen LogP contribution in [0.4, 0.5) is 0 Å². The van der Waals surface area contributed by atoms with Crippen molar-refractivity contribution in [2.24, 2.45) is 0 Å². The number of likely N-dealkylation sites (N-methyl/N-ethyl adjacent to an activating group) is 1. The lowest BCUT2D eigenvalue weighted by atomic mass is 10.0. The van der Waals surface area contributed by atoms with Gasteiger partial charge in [-0.25, -0.2) is 0 Å². The van der Waals surface area contributed by atoms with Crippen molar-refractivity contribution in [3.05, 3.63) is 97.2 Å². The van der Waals surface area contributed by atoms with Crippen molar-refractivity contribution in [3.8, 4) is 0 Å². The lowest BCUT2D eigenvalue weighted by Gasteiger charge is -2.29. The summed E-state index contributed by atoms with van der Waals surface area (Å²) < 4.78 is 23.5. The first-order valence-corrected chi connectivity index (χ1v) is 40.6. The smallest absolute Gasteiger partial charge is 0.268 e. The third kappa shape index (κ3) is 74.7. The summed E-state index contributed by atoms with van der Waals surface area (Å²) in [7, 11) is 1.25. The quantitative estimate of drug-likeness (QED) is 0.0272. The third-order valence-corrected chi connectivity index (χ3v) is 18.5. The first-order chi connectivity index (χ1) is 44.5. The van der Waals surface area contributed by atoms with Crippen LogP contribution in [0.2, 0.25) is 0 Å². The SMILES string of the molecule is CC/C=C\C/C=C\C/C=C\C/C=C\C/C=C\C/C=C\CCCCCCCCCCCCCCCCCCCCCCC(=O)NC(COP(=O)([O-])OCC[N+](C)(C)C)C(O)/C=C/CC/C=C/CCCCCCCCCCCCCCCCCCCCCCCCCC. The first-order valence-electron chi connectivity index (χ1n) is 39.1. The van der Waals surface area contributed by atoms with Crippen molar-refractivity contribution in [1.29, 1.82) is 0 Å². The minimum Gasteiger partial charge on any atom is -0.756 e. The monoisotopic (exact) mass is 1290 g/mol. The van der Waals surface area contributed by atoms with E-state index in [-0.39, 0.29) is 12.5 Å². The third-order valence-electron chi connectivity index (χ3n) is 17.5. The maximum Gasteiger partial charge on any atom is 0.268 e. The van der Waals surface area contributed by atoms with E-state index >= 15 is 0 Å². The van der Waals surface area contributed by atoms with Crippen LogP contribution in [-0.4, -0.2) is 68.5 Å². The zero-order valence-electron chi connectivity index (χ0n) is 60.8. The van der Waals surface area contributed by atoms with Crippen molar-refractivity contribution in [3.63, 3.8) is 0 Å². The Morgan fingerprint density at radius 2 is 0.681 bits per heavy atom. The number of aliphatic hydroxyl groups excluding tert-OH is 1. The molecule has 0 aliphatic rings. The highest BCUT2D eigenvalue weighted by Crippen LogP contribution is 2.38. The van der Waals surface area contributed by atoms with Gasteiger partial charge in [-0.05, 0) is 83.5 Å². The van der Waals surface area contributed by atoms with Crippen LogP contribution < -0.4 is 10.2 Å². The number of phosphoric ester groups is 1. The molecule has 0 aromatic heterocycles. The van der Waals surface area contributed by atoms with Gasteiger partial charge in [-0.3, -0.25) is 9.36 Å². The molecule has 1 amide bonds. The Morgan fingerprint density at radius 1 is 0.396 bits per heavy atom. The number of quaternary nitrogens is 1. The van der Waals surface area contributed by atoms with E-state index < -0.39 is 26.6 Å². The van der Waals surface area contributed by atoms with Gasteiger partial charge in [0.15, 0.2) is 0 Å². The molecule has 3 atom stereocenters. The minimum absolute atomic E-state index is 0.00740. The predicted molar refractivity (Wildman–Crippen MR) is 399 cm³/mol. The molecular formula is C82H151N2O6P. The van der Waals surface area contributed by atoms with Gasteiger partial charge in [-0.1, -0.05) is 374 Å². The van der Waals surface area contributed by atoms with Crippen LogP contribution in [0.1, 0.15) is 367 Å². The molecule has 9 heteroatoms. The van der Waals surface area contributed by atoms with E-state index in [9.17, 15) is 19.4 Å². The standard InChI is InChI=1S/C82H151N2O6P/c1-6-8-10-12-14-16-18-20-22-24-26-28-30-32-34-36-38-39-40-41-42-43-44-45-46-48-50-52-54-56-58-60-62-64-66-68-70-72-74-76-82(86)83-80(79-90-91(87,88)89-78-77-84(3,4)5)81(85)75-73-71-69-67-65-63-61-59-57-55-53-51-49-47-37-35-33-31-29-27-25-23-21-19-17-15-13-11-9-7-2/h8,10,14,16,20,22,26,28,32,34,38-39,65,67,73,75,80-81,85H,6-7,9,11-13,15,17-19,21,23-25,27,29-31,33,35-37,40-64,66,68-72,74,76-79H2,1-5H3,(H-,83,86,87,88)/b10-8-,16-14-,22-20-,28-26-,34-32-,39-38-,67-65+,75-73+. The lowest BCUT2D eigenvalue weighted by molar-refractivity contribution is -0.870. The van der Waals surface area contributed by atoms with Crippen molar-refractivity contribution < 1.29 is 32.9 Å². The predicted octanol–water partition coefficient (Wildman–Crippen LogP) is 25.0. The summed E-state index contributed by atoms with van der Waals surface area (Å²) in [4.78, 5) is 25.7. The Morgan fingerprint density at radius 3 is 1.02 bits per heavy atom. The van der Waals surface area contributed by atoms with Crippen molar-refractivity contribution in [2.75, 3.05) is 40.9 Å². The van der Waals surface area contributed by atoms with E-state index in [2.05, 4.69) is 104 Å². The zero-order valence-corrected chi connectivity index (χ0v) is 61.7. The second-order valence-corrected chi connectivity index (χ2v) is 29.1. The summed E-state index contributed by atoms with van der Waals surface area (Å²) >= 11 is 0. The van der Waals surface area contributed by atoms with Gasteiger partial charge < -0.3 is 28.8 Å². The van der Waals surface area contributed by atoms with E-state index in [1.165, 1.54) is 270 Å². The number of hydrogen-bond acceptors (Lipinski definition) is 6. The largest absolute Gasteiger partial charge is 0.756 e. The first kappa shape index (κ1) is 88.4. The number of hydrogen-bond donors (Lipinski definition) is 2. The highest BCUT2D eigenvalue weighted by Gasteiger charge is 2.23. The van der Waals surface area contributed by atoms with Crippen molar-refractivity contribution in [1.82, 2.24) is 5.32 Å². The Labute approximate surface area is 566 Å². The number of carbonyl (C=O) groups excluding carboxylic acids is 1. The molecule has 0 radical (unpaired) electrons. The van der Waals surface area contributed by atoms with Crippen molar-refractivity contribution in [2.45, 2.75) is 379 Å². The fourth-order valence-electron chi connectivity index (χ4n) is 11.5. The highest BCUT2D eigenvalue weighted by atomic mass is 31.2. The Bertz CT molecular complexity index is 1810. The normalized spacial score (nSPS) is 14.1. The molecule has 0 spiro atoms. The second kappa shape index (κ2) is 71.7. The molecule has 0 saturated heterocycles. The fourth-order valence-corrected chi connectivity index (χ4v) is 12.3. The molecule has 0 aliphatic heterocycles. The van der Waals surface area contributed by atoms with Crippen LogP contribution in [0.5, 0.6) is 0 Å². The molecule has 0 saturated carbocycles. The van der Waals surface area contributed by atoms with Gasteiger partial charge >= 0.3 is 0 Å². The molecule has 91 heavy (non-hydrogen) atoms. The molecule has 0 rings (SSSR count). The van der Waals surface area contributed by atoms with E-state index in [0.717, 1.165) is 77.0 Å². The molecule has 0 aromatic carbocycles. The van der Waals surface area contributed by atoms with Crippen molar-refractivity contribution >= 4 is 13.7 Å². The van der Waals surface area contributed by atoms with E-state index in [4.69, 9.17) is 9.05 Å². The topological polar surface area (TPSA) is 108 Å². The van der Waals surface area contributed by atoms with Crippen LogP contribution in [0.3, 0.4) is 0 Å². The number of nitrogens with one attached hydrogen (secondary N) is 1. The highest BCUT2D eigenvalue weighted by molar-refractivity contribution is 7.45. The van der Waals surface area contributed by atoms with E-state index in [1.807, 2.05) is 27.2 Å². The summed E-state index contributed by atoms with van der Waals surface area (Å²) in [6.45, 7) is 4.56. The lowest BCUT2D eigenvalue weighted by Crippen LogP contribution is -2.45. The van der Waals surface area contributed by atoms with Crippen LogP contribution >= 0.6 is 7.82 Å². The zero-order chi connectivity index (χ0) is 66.2. The summed E-state index contributed by atoms with van der Waals surface area (Å²) in [6.07, 6.45) is 104. The number of carbonyl (C=O) groups is 1. The van der Waals surface area contributed by atoms with Gasteiger partial charge in [0.05, 0.1) is 39.9 Å². The number of rotatable bonds is 72. The molecule has 530 valence electrons. The van der Waals surface area contributed by atoms with E-state index in [1.54, 1.807) is 6.08 Å². The molecule has 0 aliphatic carbocycles. The number of aliphatic hydroxyl groups is 1. The summed E-state index contributed by atoms with van der Waals surface area (Å²) in [6, 6.07) is -0.908. The number of allylic oxidation sites excluding steroid dienone is 15. The van der Waals surface area contributed by atoms with Gasteiger partial charge in [-0.15, -0.1) is 0 Å². The molecular weight excluding hydrogens is 1140 g/mol. The average molecular weight is 1290 g/mol. The van der Waals surface area contributed by atoms with Crippen LogP contribution in [-0.2, 0) is 18.4 Å². The number of nitrogens with zero attached hydrogens (tertiary/aromatic N) is 1. The molecule has 8 nitrogen and oxygen atoms in total. The maximum atomic E-state index is 13.1. The van der Waals surface area contributed by atoms with Crippen LogP contribution in [0.15, 0.2) is 97.2 Å². The fraction of sp³-hybridized carbons (Fsp3) is 0.793. The summed E-state index contributed by atoms with van der Waals surface area (Å²) in [5.41, 5.74) is 0. The molecule has 0 fully saturated rings. The minimum atomic E-state index is -4.62. The Kier molecular flexibility index (Phi) is 69.7. The van der Waals surface area contributed by atoms with Gasteiger partial charge in [0.1, 0.15) is 13.2 Å². The van der Waals surface area contributed by atoms with E-state index in [0.29, 0.717) is 17.4 Å². The molecule has 0 aromatic rings. The van der Waals surface area contributed by atoms with Crippen LogP contribution in [0.25, 0.3) is 0 Å². The van der Waals surface area contributed by atoms with Gasteiger partial charge in [0.2, 0.25) is 5.91 Å². The summed E-state index contributed by atoms with van der Waals surface area (Å²) in [5.74, 6) is -0.203. The number of amides is 1.